The topological polar surface area (TPSA) is 68.4 Å². The number of thioether (sulfide) groups is 1. The molecule has 5 nitrogen and oxygen atoms in total. The van der Waals surface area contributed by atoms with Gasteiger partial charge in [-0.25, -0.2) is 0 Å². The van der Waals surface area contributed by atoms with Crippen molar-refractivity contribution in [1.82, 2.24) is 10.1 Å². The lowest BCUT2D eigenvalue weighted by molar-refractivity contribution is 0.164. The van der Waals surface area contributed by atoms with E-state index in [9.17, 15) is 5.11 Å². The first-order chi connectivity index (χ1) is 10.3. The van der Waals surface area contributed by atoms with Crippen molar-refractivity contribution in [2.24, 2.45) is 0 Å². The summed E-state index contributed by atoms with van der Waals surface area (Å²) < 4.78 is 11.1. The van der Waals surface area contributed by atoms with Crippen LogP contribution in [0, 0.1) is 0 Å². The summed E-state index contributed by atoms with van der Waals surface area (Å²) in [6.07, 6.45) is 0.476. The predicted molar refractivity (Wildman–Crippen MR) is 78.8 cm³/mol. The van der Waals surface area contributed by atoms with Crippen molar-refractivity contribution in [3.05, 3.63) is 41.5 Å². The molecule has 3 heterocycles. The molecule has 0 aliphatic carbocycles. The van der Waals surface area contributed by atoms with Crippen molar-refractivity contribution in [3.63, 3.8) is 0 Å². The zero-order chi connectivity index (χ0) is 14.2. The summed E-state index contributed by atoms with van der Waals surface area (Å²) in [5, 5.41) is 14.0. The molecule has 6 heteroatoms. The van der Waals surface area contributed by atoms with Gasteiger partial charge in [0.2, 0.25) is 5.89 Å². The number of rotatable bonds is 2. The Hall–Kier alpha value is -1.53. The first-order valence-electron chi connectivity index (χ1n) is 7.11. The molecule has 21 heavy (non-hydrogen) atoms. The molecule has 0 spiro atoms. The number of para-hydroxylation sites is 1. The van der Waals surface area contributed by atoms with Crippen LogP contribution in [0.4, 0.5) is 0 Å². The summed E-state index contributed by atoms with van der Waals surface area (Å²) in [6.45, 7) is 0.567. The van der Waals surface area contributed by atoms with Gasteiger partial charge in [0.15, 0.2) is 5.82 Å². The smallest absolute Gasteiger partial charge is 0.233 e. The van der Waals surface area contributed by atoms with Gasteiger partial charge in [-0.05, 0) is 18.1 Å². The van der Waals surface area contributed by atoms with Crippen LogP contribution in [0.15, 0.2) is 28.8 Å². The van der Waals surface area contributed by atoms with Gasteiger partial charge in [-0.1, -0.05) is 23.4 Å². The van der Waals surface area contributed by atoms with E-state index in [4.69, 9.17) is 9.26 Å². The molecule has 0 radical (unpaired) electrons. The molecule has 0 bridgehead atoms. The highest BCUT2D eigenvalue weighted by Crippen LogP contribution is 2.34. The van der Waals surface area contributed by atoms with Crippen LogP contribution in [0.3, 0.4) is 0 Å². The summed E-state index contributed by atoms with van der Waals surface area (Å²) in [4.78, 5) is 4.51. The molecule has 1 saturated heterocycles. The lowest BCUT2D eigenvalue weighted by Crippen LogP contribution is -2.20. The fourth-order valence-corrected chi connectivity index (χ4v) is 4.06. The Balaban J connectivity index is 1.54. The molecule has 0 saturated carbocycles. The molecular formula is C15H16N2O3S. The van der Waals surface area contributed by atoms with E-state index in [2.05, 4.69) is 16.2 Å². The molecule has 1 aromatic carbocycles. The summed E-state index contributed by atoms with van der Waals surface area (Å²) in [7, 11) is 0. The minimum atomic E-state index is -0.383. The second-order valence-electron chi connectivity index (χ2n) is 5.52. The van der Waals surface area contributed by atoms with Gasteiger partial charge in [-0.2, -0.15) is 16.7 Å². The molecule has 0 amide bonds. The van der Waals surface area contributed by atoms with Crippen molar-refractivity contribution in [1.29, 1.82) is 0 Å². The first kappa shape index (κ1) is 13.2. The third-order valence-corrected chi connectivity index (χ3v) is 5.24. The second kappa shape index (κ2) is 5.35. The number of hydrogen-bond acceptors (Lipinski definition) is 6. The van der Waals surface area contributed by atoms with Crippen LogP contribution in [-0.4, -0.2) is 39.5 Å². The molecule has 110 valence electrons. The van der Waals surface area contributed by atoms with Crippen LogP contribution in [0.1, 0.15) is 29.1 Å². The van der Waals surface area contributed by atoms with Gasteiger partial charge < -0.3 is 14.4 Å². The van der Waals surface area contributed by atoms with E-state index in [1.807, 2.05) is 18.2 Å². The molecule has 1 fully saturated rings. The zero-order valence-corrected chi connectivity index (χ0v) is 12.3. The van der Waals surface area contributed by atoms with E-state index in [0.29, 0.717) is 18.3 Å². The van der Waals surface area contributed by atoms with Crippen LogP contribution < -0.4 is 4.74 Å². The van der Waals surface area contributed by atoms with Crippen molar-refractivity contribution in [2.75, 3.05) is 18.1 Å². The molecule has 3 atom stereocenters. The maximum atomic E-state index is 9.92. The molecule has 4 rings (SSSR count). The van der Waals surface area contributed by atoms with Crippen molar-refractivity contribution >= 4 is 11.8 Å². The van der Waals surface area contributed by atoms with Gasteiger partial charge in [0.1, 0.15) is 5.75 Å². The quantitative estimate of drug-likeness (QED) is 0.915. The monoisotopic (exact) mass is 304 g/mol. The van der Waals surface area contributed by atoms with Gasteiger partial charge in [-0.15, -0.1) is 0 Å². The van der Waals surface area contributed by atoms with E-state index in [0.717, 1.165) is 23.7 Å². The van der Waals surface area contributed by atoms with Crippen LogP contribution in [-0.2, 0) is 6.42 Å². The number of aliphatic hydroxyl groups excluding tert-OH is 1. The SMILES string of the molecule is OC1CSCC1c1nc(C2COc3ccccc3C2)no1. The highest BCUT2D eigenvalue weighted by molar-refractivity contribution is 7.99. The van der Waals surface area contributed by atoms with E-state index in [1.165, 1.54) is 5.56 Å². The lowest BCUT2D eigenvalue weighted by atomic mass is 9.96. The molecule has 3 unspecified atom stereocenters. The summed E-state index contributed by atoms with van der Waals surface area (Å²) in [5.74, 6) is 3.84. The van der Waals surface area contributed by atoms with Gasteiger partial charge in [0, 0.05) is 11.5 Å². The maximum absolute atomic E-state index is 9.92. The average Bonchev–Trinajstić information content (AvgIpc) is 3.15. The molecule has 1 aromatic heterocycles. The molecule has 2 aromatic rings. The fourth-order valence-electron chi connectivity index (χ4n) is 2.84. The summed E-state index contributed by atoms with van der Waals surface area (Å²) in [6, 6.07) is 8.04. The third-order valence-electron chi connectivity index (χ3n) is 4.07. The Morgan fingerprint density at radius 2 is 2.14 bits per heavy atom. The number of hydrogen-bond donors (Lipinski definition) is 1. The Kier molecular flexibility index (Phi) is 3.35. The summed E-state index contributed by atoms with van der Waals surface area (Å²) >= 11 is 1.72. The minimum Gasteiger partial charge on any atom is -0.493 e. The average molecular weight is 304 g/mol. The fraction of sp³-hybridized carbons (Fsp3) is 0.467. The standard InChI is InChI=1S/C15H16N2O3S/c18-12-8-21-7-11(12)15-16-14(17-20-15)10-5-9-3-1-2-4-13(9)19-6-10/h1-4,10-12,18H,5-8H2. The Morgan fingerprint density at radius 3 is 3.00 bits per heavy atom. The Labute approximate surface area is 126 Å². The third kappa shape index (κ3) is 2.42. The highest BCUT2D eigenvalue weighted by Gasteiger charge is 2.33. The van der Waals surface area contributed by atoms with E-state index in [-0.39, 0.29) is 17.9 Å². The van der Waals surface area contributed by atoms with Gasteiger partial charge in [0.05, 0.1) is 24.5 Å². The normalized spacial score (nSPS) is 28.1. The molecular weight excluding hydrogens is 288 g/mol. The number of fused-ring (bicyclic) bond motifs is 1. The predicted octanol–water partition coefficient (Wildman–Crippen LogP) is 1.98. The Bertz CT molecular complexity index is 645. The number of aromatic nitrogens is 2. The number of ether oxygens (including phenoxy) is 1. The highest BCUT2D eigenvalue weighted by atomic mass is 32.2. The van der Waals surface area contributed by atoms with E-state index >= 15 is 0 Å². The lowest BCUT2D eigenvalue weighted by Gasteiger charge is -2.22. The van der Waals surface area contributed by atoms with Crippen LogP contribution in [0.5, 0.6) is 5.75 Å². The largest absolute Gasteiger partial charge is 0.493 e. The molecule has 2 aliphatic rings. The van der Waals surface area contributed by atoms with Crippen LogP contribution >= 0.6 is 11.8 Å². The molecule has 2 aliphatic heterocycles. The number of benzene rings is 1. The van der Waals surface area contributed by atoms with Crippen molar-refractivity contribution in [2.45, 2.75) is 24.4 Å². The van der Waals surface area contributed by atoms with E-state index < -0.39 is 0 Å². The van der Waals surface area contributed by atoms with Crippen molar-refractivity contribution < 1.29 is 14.4 Å². The van der Waals surface area contributed by atoms with Gasteiger partial charge >= 0.3 is 0 Å². The summed E-state index contributed by atoms with van der Waals surface area (Å²) in [5.41, 5.74) is 1.18. The second-order valence-corrected chi connectivity index (χ2v) is 6.60. The van der Waals surface area contributed by atoms with Gasteiger partial charge in [0.25, 0.3) is 0 Å². The van der Waals surface area contributed by atoms with Crippen LogP contribution in [0.25, 0.3) is 0 Å². The van der Waals surface area contributed by atoms with Crippen molar-refractivity contribution in [3.8, 4) is 5.75 Å². The maximum Gasteiger partial charge on any atom is 0.233 e. The Morgan fingerprint density at radius 1 is 1.24 bits per heavy atom. The van der Waals surface area contributed by atoms with Gasteiger partial charge in [-0.3, -0.25) is 0 Å². The zero-order valence-electron chi connectivity index (χ0n) is 11.4. The minimum absolute atomic E-state index is 0.0342. The van der Waals surface area contributed by atoms with Crippen LogP contribution in [0.2, 0.25) is 0 Å². The first-order valence-corrected chi connectivity index (χ1v) is 8.27. The number of nitrogens with zero attached hydrogens (tertiary/aromatic N) is 2. The molecule has 1 N–H and O–H groups in total. The number of aliphatic hydroxyl groups is 1. The van der Waals surface area contributed by atoms with E-state index in [1.54, 1.807) is 11.8 Å².